The molecule has 1 atom stereocenters. The average molecular weight is 201 g/mol. The van der Waals surface area contributed by atoms with Gasteiger partial charge in [0.1, 0.15) is 0 Å². The van der Waals surface area contributed by atoms with Crippen molar-refractivity contribution in [2.75, 3.05) is 11.9 Å². The molecule has 0 spiro atoms. The molecule has 0 bridgehead atoms. The van der Waals surface area contributed by atoms with Gasteiger partial charge in [-0.3, -0.25) is 0 Å². The van der Waals surface area contributed by atoms with Crippen LogP contribution >= 0.6 is 0 Å². The van der Waals surface area contributed by atoms with Gasteiger partial charge in [0.15, 0.2) is 6.33 Å². The van der Waals surface area contributed by atoms with E-state index in [2.05, 4.69) is 33.7 Å². The highest BCUT2D eigenvalue weighted by atomic mass is 16.5. The molecule has 1 unspecified atom stereocenters. The average Bonchev–Trinajstić information content (AvgIpc) is 2.82. The molecule has 4 nitrogen and oxygen atoms in total. The van der Waals surface area contributed by atoms with E-state index in [4.69, 9.17) is 4.52 Å². The van der Waals surface area contributed by atoms with Crippen LogP contribution < -0.4 is 5.32 Å². The Bertz CT molecular complexity index is 453. The van der Waals surface area contributed by atoms with Crippen molar-refractivity contribution in [1.82, 2.24) is 10.1 Å². The van der Waals surface area contributed by atoms with Gasteiger partial charge in [-0.05, 0) is 18.1 Å². The predicted molar refractivity (Wildman–Crippen MR) is 55.7 cm³/mol. The van der Waals surface area contributed by atoms with Gasteiger partial charge in [0.05, 0.1) is 5.92 Å². The van der Waals surface area contributed by atoms with Crippen molar-refractivity contribution >= 4 is 5.69 Å². The lowest BCUT2D eigenvalue weighted by Gasteiger charge is -2.23. The molecule has 1 aliphatic rings. The van der Waals surface area contributed by atoms with Crippen molar-refractivity contribution in [1.29, 1.82) is 0 Å². The summed E-state index contributed by atoms with van der Waals surface area (Å²) in [6.07, 6.45) is 2.42. The zero-order valence-electron chi connectivity index (χ0n) is 8.18. The first-order valence-electron chi connectivity index (χ1n) is 5.02. The molecule has 3 rings (SSSR count). The first kappa shape index (κ1) is 8.47. The Balaban J connectivity index is 1.89. The Morgan fingerprint density at radius 3 is 3.13 bits per heavy atom. The van der Waals surface area contributed by atoms with Gasteiger partial charge >= 0.3 is 0 Å². The van der Waals surface area contributed by atoms with Crippen LogP contribution in [-0.4, -0.2) is 16.7 Å². The number of benzene rings is 1. The van der Waals surface area contributed by atoms with Gasteiger partial charge in [-0.1, -0.05) is 23.4 Å². The standard InChI is InChI=1S/C11H11N3O/c1-2-4-10-8(3-1)5-9(6-12-10)11-13-7-14-15-11/h1-4,7,9,12H,5-6H2. The number of hydrogen-bond acceptors (Lipinski definition) is 4. The third-order valence-corrected chi connectivity index (χ3v) is 2.75. The molecule has 0 saturated heterocycles. The van der Waals surface area contributed by atoms with Gasteiger partial charge in [0.2, 0.25) is 5.89 Å². The molecule has 0 radical (unpaired) electrons. The molecule has 15 heavy (non-hydrogen) atoms. The van der Waals surface area contributed by atoms with Crippen LogP contribution in [0.25, 0.3) is 0 Å². The van der Waals surface area contributed by atoms with E-state index in [1.165, 1.54) is 17.6 Å². The summed E-state index contributed by atoms with van der Waals surface area (Å²) >= 11 is 0. The predicted octanol–water partition coefficient (Wildman–Crippen LogP) is 1.82. The third-order valence-electron chi connectivity index (χ3n) is 2.75. The van der Waals surface area contributed by atoms with E-state index in [-0.39, 0.29) is 0 Å². The molecule has 0 aliphatic carbocycles. The monoisotopic (exact) mass is 201 g/mol. The fraction of sp³-hybridized carbons (Fsp3) is 0.273. The molecule has 0 saturated carbocycles. The number of anilines is 1. The van der Waals surface area contributed by atoms with Crippen molar-refractivity contribution in [3.63, 3.8) is 0 Å². The third kappa shape index (κ3) is 1.48. The largest absolute Gasteiger partial charge is 0.384 e. The molecule has 0 fully saturated rings. The number of rotatable bonds is 1. The van der Waals surface area contributed by atoms with Crippen LogP contribution in [0.2, 0.25) is 0 Å². The highest BCUT2D eigenvalue weighted by molar-refractivity contribution is 5.53. The highest BCUT2D eigenvalue weighted by Gasteiger charge is 2.22. The zero-order chi connectivity index (χ0) is 10.1. The van der Waals surface area contributed by atoms with Gasteiger partial charge in [-0.25, -0.2) is 0 Å². The Kier molecular flexibility index (Phi) is 1.91. The summed E-state index contributed by atoms with van der Waals surface area (Å²) in [5, 5.41) is 7.01. The number of para-hydroxylation sites is 1. The van der Waals surface area contributed by atoms with Gasteiger partial charge in [-0.2, -0.15) is 4.98 Å². The summed E-state index contributed by atoms with van der Waals surface area (Å²) in [4.78, 5) is 4.10. The zero-order valence-corrected chi connectivity index (χ0v) is 8.18. The highest BCUT2D eigenvalue weighted by Crippen LogP contribution is 2.28. The minimum absolute atomic E-state index is 0.294. The van der Waals surface area contributed by atoms with E-state index in [1.54, 1.807) is 0 Å². The SMILES string of the molecule is c1ccc2c(c1)CC(c1ncno1)CN2. The van der Waals surface area contributed by atoms with Crippen LogP contribution in [0.1, 0.15) is 17.4 Å². The molecule has 1 aromatic carbocycles. The Labute approximate surface area is 87.3 Å². The second kappa shape index (κ2) is 3.38. The van der Waals surface area contributed by atoms with Crippen LogP contribution in [0.5, 0.6) is 0 Å². The Morgan fingerprint density at radius 1 is 1.33 bits per heavy atom. The second-order valence-corrected chi connectivity index (χ2v) is 3.72. The molecule has 1 N–H and O–H groups in total. The fourth-order valence-electron chi connectivity index (χ4n) is 1.98. The van der Waals surface area contributed by atoms with Crippen LogP contribution in [-0.2, 0) is 6.42 Å². The summed E-state index contributed by atoms with van der Waals surface area (Å²) < 4.78 is 5.09. The summed E-state index contributed by atoms with van der Waals surface area (Å²) in [5.74, 6) is 1.01. The van der Waals surface area contributed by atoms with Gasteiger partial charge < -0.3 is 9.84 Å². The van der Waals surface area contributed by atoms with Crippen LogP contribution in [0, 0.1) is 0 Å². The van der Waals surface area contributed by atoms with E-state index < -0.39 is 0 Å². The lowest BCUT2D eigenvalue weighted by Crippen LogP contribution is -2.21. The lowest BCUT2D eigenvalue weighted by atomic mass is 9.94. The molecule has 1 aromatic heterocycles. The minimum Gasteiger partial charge on any atom is -0.384 e. The molecular weight excluding hydrogens is 190 g/mol. The molecule has 2 heterocycles. The van der Waals surface area contributed by atoms with Crippen molar-refractivity contribution in [2.24, 2.45) is 0 Å². The summed E-state index contributed by atoms with van der Waals surface area (Å²) in [6, 6.07) is 8.32. The number of aromatic nitrogens is 2. The first-order valence-corrected chi connectivity index (χ1v) is 5.02. The van der Waals surface area contributed by atoms with E-state index in [1.807, 2.05) is 6.07 Å². The number of nitrogens with one attached hydrogen (secondary N) is 1. The Morgan fingerprint density at radius 2 is 2.27 bits per heavy atom. The smallest absolute Gasteiger partial charge is 0.231 e. The summed E-state index contributed by atoms with van der Waals surface area (Å²) in [7, 11) is 0. The summed E-state index contributed by atoms with van der Waals surface area (Å²) in [6.45, 7) is 0.860. The van der Waals surface area contributed by atoms with E-state index in [0.717, 1.165) is 18.9 Å². The quantitative estimate of drug-likeness (QED) is 0.764. The van der Waals surface area contributed by atoms with E-state index in [9.17, 15) is 0 Å². The maximum Gasteiger partial charge on any atom is 0.231 e. The number of nitrogens with zero attached hydrogens (tertiary/aromatic N) is 2. The van der Waals surface area contributed by atoms with Crippen LogP contribution in [0.3, 0.4) is 0 Å². The molecular formula is C11H11N3O. The minimum atomic E-state index is 0.294. The van der Waals surface area contributed by atoms with E-state index >= 15 is 0 Å². The van der Waals surface area contributed by atoms with Crippen LogP contribution in [0.4, 0.5) is 5.69 Å². The maximum absolute atomic E-state index is 5.09. The van der Waals surface area contributed by atoms with E-state index in [0.29, 0.717) is 5.92 Å². The van der Waals surface area contributed by atoms with Crippen molar-refractivity contribution in [2.45, 2.75) is 12.3 Å². The van der Waals surface area contributed by atoms with Crippen molar-refractivity contribution < 1.29 is 4.52 Å². The van der Waals surface area contributed by atoms with Gasteiger partial charge in [-0.15, -0.1) is 0 Å². The van der Waals surface area contributed by atoms with Crippen LogP contribution in [0.15, 0.2) is 35.1 Å². The second-order valence-electron chi connectivity index (χ2n) is 3.72. The summed E-state index contributed by atoms with van der Waals surface area (Å²) in [5.41, 5.74) is 2.53. The maximum atomic E-state index is 5.09. The Hall–Kier alpha value is -1.84. The molecule has 4 heteroatoms. The van der Waals surface area contributed by atoms with Gasteiger partial charge in [0, 0.05) is 12.2 Å². The normalized spacial score (nSPS) is 19.3. The lowest BCUT2D eigenvalue weighted by molar-refractivity contribution is 0.353. The van der Waals surface area contributed by atoms with Crippen molar-refractivity contribution in [3.8, 4) is 0 Å². The molecule has 0 amide bonds. The number of hydrogen-bond donors (Lipinski definition) is 1. The number of fused-ring (bicyclic) bond motifs is 1. The van der Waals surface area contributed by atoms with Gasteiger partial charge in [0.25, 0.3) is 0 Å². The first-order chi connectivity index (χ1) is 7.43. The fourth-order valence-corrected chi connectivity index (χ4v) is 1.98. The molecule has 1 aliphatic heterocycles. The topological polar surface area (TPSA) is 51.0 Å². The molecule has 76 valence electrons. The molecule has 2 aromatic rings. The van der Waals surface area contributed by atoms with Crippen molar-refractivity contribution in [3.05, 3.63) is 42.0 Å².